The predicted molar refractivity (Wildman–Crippen MR) is 113 cm³/mol. The highest BCUT2D eigenvalue weighted by molar-refractivity contribution is 9.10. The summed E-state index contributed by atoms with van der Waals surface area (Å²) in [6, 6.07) is 9.50. The molecule has 0 spiro atoms. The maximum absolute atomic E-state index is 12.0. The fourth-order valence-corrected chi connectivity index (χ4v) is 3.66. The molecule has 0 aliphatic carbocycles. The third kappa shape index (κ3) is 5.16. The van der Waals surface area contributed by atoms with E-state index in [0.717, 1.165) is 22.5 Å². The van der Waals surface area contributed by atoms with Crippen LogP contribution in [0, 0.1) is 10.1 Å². The van der Waals surface area contributed by atoms with Crippen LogP contribution in [0.3, 0.4) is 0 Å². The van der Waals surface area contributed by atoms with Gasteiger partial charge in [-0.1, -0.05) is 52.8 Å². The minimum atomic E-state index is -0.927. The summed E-state index contributed by atoms with van der Waals surface area (Å²) >= 11 is 4.83. The van der Waals surface area contributed by atoms with Gasteiger partial charge < -0.3 is 10.2 Å². The lowest BCUT2D eigenvalue weighted by Gasteiger charge is -2.15. The third-order valence-corrected chi connectivity index (χ3v) is 5.55. The summed E-state index contributed by atoms with van der Waals surface area (Å²) in [4.78, 5) is 10.2. The number of hydrogen-bond donors (Lipinski definition) is 0. The molecule has 3 rings (SSSR count). The molecule has 0 saturated heterocycles. The van der Waals surface area contributed by atoms with E-state index in [0.29, 0.717) is 29.2 Å². The van der Waals surface area contributed by atoms with Crippen molar-refractivity contribution in [2.24, 2.45) is 5.10 Å². The van der Waals surface area contributed by atoms with Crippen molar-refractivity contribution in [3.8, 4) is 11.5 Å². The van der Waals surface area contributed by atoms with Gasteiger partial charge in [0.05, 0.1) is 11.1 Å². The molecule has 0 aliphatic rings. The zero-order valence-electron chi connectivity index (χ0n) is 15.8. The number of benzene rings is 2. The Balaban J connectivity index is 1.89. The van der Waals surface area contributed by atoms with Gasteiger partial charge in [0.2, 0.25) is 5.16 Å². The van der Waals surface area contributed by atoms with Crippen LogP contribution in [0.15, 0.2) is 51.1 Å². The second kappa shape index (κ2) is 9.72. The van der Waals surface area contributed by atoms with Gasteiger partial charge in [-0.2, -0.15) is 9.78 Å². The van der Waals surface area contributed by atoms with Gasteiger partial charge in [-0.15, -0.1) is 15.9 Å². The summed E-state index contributed by atoms with van der Waals surface area (Å²) in [5.41, 5.74) is 0.363. The summed E-state index contributed by atoms with van der Waals surface area (Å²) in [5.74, 6) is -0.321. The number of rotatable bonds is 8. The van der Waals surface area contributed by atoms with Crippen LogP contribution in [0.5, 0.6) is 11.5 Å². The summed E-state index contributed by atoms with van der Waals surface area (Å²) in [6.07, 6.45) is 2.63. The van der Waals surface area contributed by atoms with Crippen molar-refractivity contribution in [3.05, 3.63) is 67.9 Å². The van der Waals surface area contributed by atoms with E-state index in [9.17, 15) is 20.3 Å². The standard InChI is InChI=1S/C19H18BrN5O4S/c1-2-3-18-22-23-19(30-11-12-4-6-14(20)7-5-12)24(18)21-10-13-8-15(25(28)29)17(27)9-16(13)26/h4-10,26-27H,2-3,11H2,1H3/p-2/b21-10-. The molecule has 0 saturated carbocycles. The van der Waals surface area contributed by atoms with Crippen LogP contribution in [-0.4, -0.2) is 26.0 Å². The Bertz CT molecular complexity index is 1090. The summed E-state index contributed by atoms with van der Waals surface area (Å²) < 4.78 is 2.50. The molecule has 0 fully saturated rings. The first-order valence-electron chi connectivity index (χ1n) is 8.91. The Morgan fingerprint density at radius 2 is 1.93 bits per heavy atom. The summed E-state index contributed by atoms with van der Waals surface area (Å²) in [7, 11) is 0. The normalized spacial score (nSPS) is 11.3. The van der Waals surface area contributed by atoms with Crippen molar-refractivity contribution < 1.29 is 15.1 Å². The number of nitro groups is 1. The first-order valence-corrected chi connectivity index (χ1v) is 10.7. The molecule has 3 aromatic rings. The first-order chi connectivity index (χ1) is 14.4. The predicted octanol–water partition coefficient (Wildman–Crippen LogP) is 3.22. The van der Waals surface area contributed by atoms with E-state index in [2.05, 4.69) is 31.2 Å². The SMILES string of the molecule is CCCc1nnc(SCc2ccc(Br)cc2)n1/N=C\c1cc([N+](=O)[O-])c([O-])cc1[O-]. The molecule has 0 N–H and O–H groups in total. The fraction of sp³-hybridized carbons (Fsp3) is 0.211. The van der Waals surface area contributed by atoms with Gasteiger partial charge in [0, 0.05) is 22.7 Å². The number of aryl methyl sites for hydroxylation is 1. The fourth-order valence-electron chi connectivity index (χ4n) is 2.54. The van der Waals surface area contributed by atoms with Gasteiger partial charge in [0.1, 0.15) is 0 Å². The molecule has 0 bridgehead atoms. The van der Waals surface area contributed by atoms with Crippen LogP contribution in [0.4, 0.5) is 5.69 Å². The topological polar surface area (TPSA) is 132 Å². The van der Waals surface area contributed by atoms with E-state index in [-0.39, 0.29) is 5.56 Å². The van der Waals surface area contributed by atoms with Gasteiger partial charge >= 0.3 is 0 Å². The van der Waals surface area contributed by atoms with Crippen molar-refractivity contribution in [2.45, 2.75) is 30.7 Å². The van der Waals surface area contributed by atoms with E-state index < -0.39 is 22.1 Å². The quantitative estimate of drug-likeness (QED) is 0.205. The Hall–Kier alpha value is -2.92. The van der Waals surface area contributed by atoms with Gasteiger partial charge in [0.25, 0.3) is 5.69 Å². The lowest BCUT2D eigenvalue weighted by Crippen LogP contribution is -2.05. The molecule has 0 radical (unpaired) electrons. The molecule has 30 heavy (non-hydrogen) atoms. The van der Waals surface area contributed by atoms with Crippen LogP contribution in [-0.2, 0) is 12.2 Å². The van der Waals surface area contributed by atoms with E-state index in [1.165, 1.54) is 22.7 Å². The molecule has 2 aromatic carbocycles. The molecule has 0 atom stereocenters. The molecule has 9 nitrogen and oxygen atoms in total. The monoisotopic (exact) mass is 489 g/mol. The van der Waals surface area contributed by atoms with E-state index in [4.69, 9.17) is 0 Å². The van der Waals surface area contributed by atoms with Crippen molar-refractivity contribution >= 4 is 39.6 Å². The number of halogens is 1. The minimum absolute atomic E-state index is 0.0543. The Morgan fingerprint density at radius 1 is 1.20 bits per heavy atom. The Kier molecular flexibility index (Phi) is 7.06. The molecule has 1 aromatic heterocycles. The van der Waals surface area contributed by atoms with Crippen LogP contribution in [0.25, 0.3) is 0 Å². The summed E-state index contributed by atoms with van der Waals surface area (Å²) in [6.45, 7) is 1.99. The Morgan fingerprint density at radius 3 is 2.60 bits per heavy atom. The smallest absolute Gasteiger partial charge is 0.262 e. The van der Waals surface area contributed by atoms with Crippen molar-refractivity contribution in [1.29, 1.82) is 0 Å². The Labute approximate surface area is 184 Å². The lowest BCUT2D eigenvalue weighted by atomic mass is 10.2. The van der Waals surface area contributed by atoms with Crippen LogP contribution in [0.1, 0.15) is 30.3 Å². The molecule has 0 unspecified atom stereocenters. The zero-order valence-corrected chi connectivity index (χ0v) is 18.2. The highest BCUT2D eigenvalue weighted by Crippen LogP contribution is 2.29. The molecule has 156 valence electrons. The van der Waals surface area contributed by atoms with E-state index in [1.54, 1.807) is 0 Å². The van der Waals surface area contributed by atoms with Crippen molar-refractivity contribution in [3.63, 3.8) is 0 Å². The van der Waals surface area contributed by atoms with Gasteiger partial charge in [-0.05, 0) is 35.4 Å². The first kappa shape index (κ1) is 21.8. The molecule has 11 heteroatoms. The molecule has 0 amide bonds. The molecular weight excluding hydrogens is 474 g/mol. The second-order valence-electron chi connectivity index (χ2n) is 6.24. The summed E-state index contributed by atoms with van der Waals surface area (Å²) in [5, 5.41) is 47.8. The maximum Gasteiger partial charge on any atom is 0.262 e. The highest BCUT2D eigenvalue weighted by Gasteiger charge is 2.13. The van der Waals surface area contributed by atoms with Crippen LogP contribution >= 0.6 is 27.7 Å². The number of aromatic nitrogens is 3. The molecular formula is C19H16BrN5O4S-2. The van der Waals surface area contributed by atoms with Crippen molar-refractivity contribution in [2.75, 3.05) is 0 Å². The van der Waals surface area contributed by atoms with Gasteiger partial charge in [0.15, 0.2) is 5.82 Å². The lowest BCUT2D eigenvalue weighted by molar-refractivity contribution is -0.398. The van der Waals surface area contributed by atoms with Crippen LogP contribution < -0.4 is 10.2 Å². The third-order valence-electron chi connectivity index (χ3n) is 4.03. The number of nitrogens with zero attached hydrogens (tertiary/aromatic N) is 5. The van der Waals surface area contributed by atoms with Crippen molar-refractivity contribution in [1.82, 2.24) is 14.9 Å². The number of nitro benzene ring substituents is 1. The highest BCUT2D eigenvalue weighted by atomic mass is 79.9. The molecule has 0 aliphatic heterocycles. The van der Waals surface area contributed by atoms with Gasteiger partial charge in [-0.3, -0.25) is 10.1 Å². The number of thioether (sulfide) groups is 1. The number of hydrogen-bond acceptors (Lipinski definition) is 8. The van der Waals surface area contributed by atoms with E-state index in [1.807, 2.05) is 31.2 Å². The zero-order chi connectivity index (χ0) is 21.7. The van der Waals surface area contributed by atoms with Gasteiger partial charge in [-0.25, -0.2) is 0 Å². The second-order valence-corrected chi connectivity index (χ2v) is 8.09. The minimum Gasteiger partial charge on any atom is -0.872 e. The van der Waals surface area contributed by atoms with E-state index >= 15 is 0 Å². The largest absolute Gasteiger partial charge is 0.872 e. The average molecular weight is 490 g/mol. The van der Waals surface area contributed by atoms with Crippen LogP contribution in [0.2, 0.25) is 0 Å². The molecule has 1 heterocycles. The maximum atomic E-state index is 12.0. The average Bonchev–Trinajstić information content (AvgIpc) is 3.08.